The highest BCUT2D eigenvalue weighted by Gasteiger charge is 2.12. The minimum absolute atomic E-state index is 0.195. The van der Waals surface area contributed by atoms with Crippen LogP contribution in [0, 0.1) is 0 Å². The summed E-state index contributed by atoms with van der Waals surface area (Å²) in [7, 11) is 0. The lowest BCUT2D eigenvalue weighted by molar-refractivity contribution is -0.123. The van der Waals surface area contributed by atoms with E-state index in [4.69, 9.17) is 4.74 Å². The standard InChI is InChI=1S/C13H9Br3N2O3S/c14-7-1-3-8(4-2-7)21-6-11(19)17-18-13(20)10-5-9(15)12(16)22-10/h1-5H,6H2,(H,17,19)(H,18,20). The smallest absolute Gasteiger partial charge is 0.279 e. The zero-order chi connectivity index (χ0) is 16.1. The van der Waals surface area contributed by atoms with Gasteiger partial charge in [-0.15, -0.1) is 11.3 Å². The zero-order valence-electron chi connectivity index (χ0n) is 10.9. The number of halogens is 3. The summed E-state index contributed by atoms with van der Waals surface area (Å²) >= 11 is 11.2. The molecule has 2 aromatic rings. The van der Waals surface area contributed by atoms with E-state index in [1.165, 1.54) is 11.3 Å². The Morgan fingerprint density at radius 2 is 1.77 bits per heavy atom. The molecule has 116 valence electrons. The molecule has 0 aliphatic rings. The number of carbonyl (C=O) groups excluding carboxylic acids is 2. The molecule has 5 nitrogen and oxygen atoms in total. The van der Waals surface area contributed by atoms with Crippen molar-refractivity contribution in [1.82, 2.24) is 10.9 Å². The molecular weight excluding hydrogens is 504 g/mol. The van der Waals surface area contributed by atoms with Crippen molar-refractivity contribution in [2.45, 2.75) is 0 Å². The average molecular weight is 513 g/mol. The van der Waals surface area contributed by atoms with Gasteiger partial charge in [0, 0.05) is 8.95 Å². The predicted molar refractivity (Wildman–Crippen MR) is 95.0 cm³/mol. The van der Waals surface area contributed by atoms with Crippen molar-refractivity contribution < 1.29 is 14.3 Å². The van der Waals surface area contributed by atoms with E-state index in [2.05, 4.69) is 58.6 Å². The molecule has 0 bridgehead atoms. The number of hydrogen-bond acceptors (Lipinski definition) is 4. The van der Waals surface area contributed by atoms with Gasteiger partial charge in [0.05, 0.1) is 8.66 Å². The molecule has 0 saturated carbocycles. The molecular formula is C13H9Br3N2O3S. The Hall–Kier alpha value is -0.900. The molecule has 0 aliphatic carbocycles. The number of rotatable bonds is 4. The normalized spacial score (nSPS) is 10.1. The van der Waals surface area contributed by atoms with Gasteiger partial charge in [0.25, 0.3) is 11.8 Å². The number of nitrogens with one attached hydrogen (secondary N) is 2. The zero-order valence-corrected chi connectivity index (χ0v) is 16.4. The van der Waals surface area contributed by atoms with Crippen molar-refractivity contribution in [3.8, 4) is 5.75 Å². The second-order valence-corrected chi connectivity index (χ2v) is 8.12. The monoisotopic (exact) mass is 510 g/mol. The Balaban J connectivity index is 1.77. The van der Waals surface area contributed by atoms with Crippen LogP contribution >= 0.6 is 59.1 Å². The summed E-state index contributed by atoms with van der Waals surface area (Å²) < 4.78 is 7.80. The lowest BCUT2D eigenvalue weighted by Gasteiger charge is -2.08. The maximum atomic E-state index is 11.8. The van der Waals surface area contributed by atoms with Gasteiger partial charge in [0.15, 0.2) is 6.61 Å². The minimum Gasteiger partial charge on any atom is -0.484 e. The minimum atomic E-state index is -0.453. The van der Waals surface area contributed by atoms with Crippen LogP contribution < -0.4 is 15.6 Å². The second kappa shape index (κ2) is 8.09. The fraction of sp³-hybridized carbons (Fsp3) is 0.0769. The van der Waals surface area contributed by atoms with Gasteiger partial charge in [-0.1, -0.05) is 15.9 Å². The van der Waals surface area contributed by atoms with E-state index in [-0.39, 0.29) is 6.61 Å². The number of hydrazine groups is 1. The van der Waals surface area contributed by atoms with E-state index < -0.39 is 11.8 Å². The Morgan fingerprint density at radius 1 is 1.09 bits per heavy atom. The number of carbonyl (C=O) groups is 2. The first-order valence-electron chi connectivity index (χ1n) is 5.88. The topological polar surface area (TPSA) is 67.4 Å². The first kappa shape index (κ1) is 17.5. The summed E-state index contributed by atoms with van der Waals surface area (Å²) in [5.74, 6) is -0.282. The second-order valence-electron chi connectivity index (χ2n) is 3.98. The fourth-order valence-electron chi connectivity index (χ4n) is 1.36. The van der Waals surface area contributed by atoms with E-state index in [0.717, 1.165) is 12.7 Å². The third-order valence-corrected chi connectivity index (χ3v) is 6.15. The van der Waals surface area contributed by atoms with Crippen LogP contribution in [0.15, 0.2) is 43.1 Å². The summed E-state index contributed by atoms with van der Waals surface area (Å²) in [5, 5.41) is 0. The lowest BCUT2D eigenvalue weighted by atomic mass is 10.3. The molecule has 2 amide bonds. The molecule has 1 heterocycles. The van der Waals surface area contributed by atoms with Crippen molar-refractivity contribution in [3.05, 3.63) is 47.9 Å². The molecule has 0 atom stereocenters. The quantitative estimate of drug-likeness (QED) is 0.611. The summed E-state index contributed by atoms with van der Waals surface area (Å²) in [6.45, 7) is -0.195. The molecule has 2 rings (SSSR count). The number of thiophene rings is 1. The van der Waals surface area contributed by atoms with E-state index in [1.807, 2.05) is 12.1 Å². The van der Waals surface area contributed by atoms with Crippen LogP contribution in [0.2, 0.25) is 0 Å². The Labute approximate surface area is 155 Å². The molecule has 0 radical (unpaired) electrons. The number of amides is 2. The first-order chi connectivity index (χ1) is 10.5. The molecule has 0 fully saturated rings. The van der Waals surface area contributed by atoms with E-state index in [0.29, 0.717) is 10.6 Å². The molecule has 1 aromatic heterocycles. The van der Waals surface area contributed by atoms with Crippen LogP contribution in [0.4, 0.5) is 0 Å². The highest BCUT2D eigenvalue weighted by Crippen LogP contribution is 2.32. The Bertz CT molecular complexity index is 669. The Kier molecular flexibility index (Phi) is 6.42. The van der Waals surface area contributed by atoms with Gasteiger partial charge in [-0.05, 0) is 62.2 Å². The van der Waals surface area contributed by atoms with E-state index >= 15 is 0 Å². The van der Waals surface area contributed by atoms with Crippen molar-refractivity contribution in [2.75, 3.05) is 6.61 Å². The van der Waals surface area contributed by atoms with Crippen LogP contribution in [0.5, 0.6) is 5.75 Å². The highest BCUT2D eigenvalue weighted by molar-refractivity contribution is 9.13. The number of benzene rings is 1. The number of ether oxygens (including phenoxy) is 1. The fourth-order valence-corrected chi connectivity index (χ4v) is 3.56. The Morgan fingerprint density at radius 3 is 2.36 bits per heavy atom. The van der Waals surface area contributed by atoms with Gasteiger partial charge in [-0.2, -0.15) is 0 Å². The largest absolute Gasteiger partial charge is 0.484 e. The summed E-state index contributed by atoms with van der Waals surface area (Å²) in [6.07, 6.45) is 0. The first-order valence-corrected chi connectivity index (χ1v) is 9.07. The van der Waals surface area contributed by atoms with Gasteiger partial charge in [-0.3, -0.25) is 20.4 Å². The summed E-state index contributed by atoms with van der Waals surface area (Å²) in [5.41, 5.74) is 4.62. The molecule has 0 saturated heterocycles. The van der Waals surface area contributed by atoms with E-state index in [9.17, 15) is 9.59 Å². The van der Waals surface area contributed by atoms with Gasteiger partial charge >= 0.3 is 0 Å². The lowest BCUT2D eigenvalue weighted by Crippen LogP contribution is -2.43. The molecule has 0 spiro atoms. The van der Waals surface area contributed by atoms with Crippen LogP contribution in [-0.2, 0) is 4.79 Å². The van der Waals surface area contributed by atoms with Crippen LogP contribution in [0.1, 0.15) is 9.67 Å². The van der Waals surface area contributed by atoms with Crippen LogP contribution in [0.3, 0.4) is 0 Å². The van der Waals surface area contributed by atoms with Gasteiger partial charge in [0.2, 0.25) is 0 Å². The molecule has 22 heavy (non-hydrogen) atoms. The molecule has 1 aromatic carbocycles. The van der Waals surface area contributed by atoms with Crippen molar-refractivity contribution in [1.29, 1.82) is 0 Å². The molecule has 0 unspecified atom stereocenters. The van der Waals surface area contributed by atoms with Crippen LogP contribution in [-0.4, -0.2) is 18.4 Å². The third-order valence-electron chi connectivity index (χ3n) is 2.37. The van der Waals surface area contributed by atoms with Crippen molar-refractivity contribution >= 4 is 70.9 Å². The molecule has 0 aliphatic heterocycles. The van der Waals surface area contributed by atoms with Crippen molar-refractivity contribution in [2.24, 2.45) is 0 Å². The maximum Gasteiger partial charge on any atom is 0.279 e. The highest BCUT2D eigenvalue weighted by atomic mass is 79.9. The van der Waals surface area contributed by atoms with E-state index in [1.54, 1.807) is 18.2 Å². The van der Waals surface area contributed by atoms with Gasteiger partial charge in [0.1, 0.15) is 5.75 Å². The van der Waals surface area contributed by atoms with Crippen molar-refractivity contribution in [3.63, 3.8) is 0 Å². The average Bonchev–Trinajstić information content (AvgIpc) is 2.84. The SMILES string of the molecule is O=C(COc1ccc(Br)cc1)NNC(=O)c1cc(Br)c(Br)s1. The summed E-state index contributed by atoms with van der Waals surface area (Å²) in [6, 6.07) is 8.74. The summed E-state index contributed by atoms with van der Waals surface area (Å²) in [4.78, 5) is 23.9. The van der Waals surface area contributed by atoms with Gasteiger partial charge in [-0.25, -0.2) is 0 Å². The molecule has 9 heteroatoms. The maximum absolute atomic E-state index is 11.8. The van der Waals surface area contributed by atoms with Gasteiger partial charge < -0.3 is 4.74 Å². The van der Waals surface area contributed by atoms with Crippen LogP contribution in [0.25, 0.3) is 0 Å². The molecule has 2 N–H and O–H groups in total. The third kappa shape index (κ3) is 5.08. The number of hydrogen-bond donors (Lipinski definition) is 2. The predicted octanol–water partition coefficient (Wildman–Crippen LogP) is 3.88.